The zero-order valence-electron chi connectivity index (χ0n) is 8.37. The number of thiophene rings is 1. The van der Waals surface area contributed by atoms with Gasteiger partial charge in [0.1, 0.15) is 0 Å². The molecule has 1 nitrogen and oxygen atoms in total. The molecule has 1 heterocycles. The van der Waals surface area contributed by atoms with Crippen molar-refractivity contribution >= 4 is 16.9 Å². The summed E-state index contributed by atoms with van der Waals surface area (Å²) in [7, 11) is 0. The van der Waals surface area contributed by atoms with E-state index in [4.69, 9.17) is 0 Å². The van der Waals surface area contributed by atoms with Gasteiger partial charge >= 0.3 is 0 Å². The number of aliphatic hydroxyl groups excluding tert-OH is 1. The van der Waals surface area contributed by atoms with Crippen molar-refractivity contribution in [1.82, 2.24) is 0 Å². The molecule has 1 unspecified atom stereocenters. The van der Waals surface area contributed by atoms with E-state index in [0.29, 0.717) is 0 Å². The van der Waals surface area contributed by atoms with Gasteiger partial charge in [-0.25, -0.2) is 0 Å². The SMILES string of the molecule is CCc1ccc(/C(C)=C/C(C)O)s1. The fraction of sp³-hybridized carbons (Fsp3) is 0.455. The van der Waals surface area contributed by atoms with E-state index in [2.05, 4.69) is 19.1 Å². The molecule has 1 aromatic heterocycles. The molecule has 0 saturated heterocycles. The summed E-state index contributed by atoms with van der Waals surface area (Å²) in [5, 5.41) is 9.18. The van der Waals surface area contributed by atoms with Gasteiger partial charge in [0, 0.05) is 9.75 Å². The molecule has 13 heavy (non-hydrogen) atoms. The molecular formula is C11H16OS. The second-order valence-electron chi connectivity index (χ2n) is 3.21. The average Bonchev–Trinajstić information content (AvgIpc) is 2.50. The summed E-state index contributed by atoms with van der Waals surface area (Å²) in [5.74, 6) is 0. The van der Waals surface area contributed by atoms with Crippen LogP contribution in [0.5, 0.6) is 0 Å². The van der Waals surface area contributed by atoms with Gasteiger partial charge in [-0.2, -0.15) is 0 Å². The third-order valence-electron chi connectivity index (χ3n) is 1.89. The molecule has 0 radical (unpaired) electrons. The number of allylic oxidation sites excluding steroid dienone is 1. The molecule has 0 fully saturated rings. The van der Waals surface area contributed by atoms with Crippen LogP contribution in [0, 0.1) is 0 Å². The van der Waals surface area contributed by atoms with E-state index < -0.39 is 0 Å². The maximum atomic E-state index is 9.18. The summed E-state index contributed by atoms with van der Waals surface area (Å²) in [4.78, 5) is 2.66. The maximum absolute atomic E-state index is 9.18. The first kappa shape index (κ1) is 10.5. The van der Waals surface area contributed by atoms with Crippen molar-refractivity contribution in [2.24, 2.45) is 0 Å². The molecule has 1 atom stereocenters. The van der Waals surface area contributed by atoms with Gasteiger partial charge in [0.25, 0.3) is 0 Å². The largest absolute Gasteiger partial charge is 0.389 e. The third kappa shape index (κ3) is 2.98. The summed E-state index contributed by atoms with van der Waals surface area (Å²) in [6.07, 6.45) is 2.62. The fourth-order valence-electron chi connectivity index (χ4n) is 1.22. The van der Waals surface area contributed by atoms with Gasteiger partial charge in [-0.15, -0.1) is 11.3 Å². The van der Waals surface area contributed by atoms with Crippen molar-refractivity contribution in [3.05, 3.63) is 28.0 Å². The summed E-state index contributed by atoms with van der Waals surface area (Å²) >= 11 is 1.80. The Morgan fingerprint density at radius 3 is 2.77 bits per heavy atom. The van der Waals surface area contributed by atoms with E-state index in [0.717, 1.165) is 6.42 Å². The minimum absolute atomic E-state index is 0.354. The Morgan fingerprint density at radius 2 is 2.31 bits per heavy atom. The van der Waals surface area contributed by atoms with E-state index >= 15 is 0 Å². The Balaban J connectivity index is 2.82. The molecule has 1 N–H and O–H groups in total. The second-order valence-corrected chi connectivity index (χ2v) is 4.38. The molecule has 2 heteroatoms. The molecule has 0 saturated carbocycles. The van der Waals surface area contributed by atoms with E-state index in [-0.39, 0.29) is 6.10 Å². The maximum Gasteiger partial charge on any atom is 0.0698 e. The Morgan fingerprint density at radius 1 is 1.62 bits per heavy atom. The number of hydrogen-bond donors (Lipinski definition) is 1. The van der Waals surface area contributed by atoms with Crippen LogP contribution < -0.4 is 0 Å². The van der Waals surface area contributed by atoms with E-state index in [1.807, 2.05) is 13.0 Å². The first-order chi connectivity index (χ1) is 6.13. The third-order valence-corrected chi connectivity index (χ3v) is 3.25. The van der Waals surface area contributed by atoms with Crippen LogP contribution >= 0.6 is 11.3 Å². The zero-order chi connectivity index (χ0) is 9.84. The standard InChI is InChI=1S/C11H16OS/c1-4-10-5-6-11(13-10)8(2)7-9(3)12/h5-7,9,12H,4H2,1-3H3/b8-7+. The number of hydrogen-bond acceptors (Lipinski definition) is 2. The van der Waals surface area contributed by atoms with Crippen LogP contribution in [0.15, 0.2) is 18.2 Å². The molecule has 1 rings (SSSR count). The van der Waals surface area contributed by atoms with Crippen molar-refractivity contribution < 1.29 is 5.11 Å². The van der Waals surface area contributed by atoms with Crippen LogP contribution in [-0.4, -0.2) is 11.2 Å². The van der Waals surface area contributed by atoms with Crippen molar-refractivity contribution in [2.75, 3.05) is 0 Å². The summed E-state index contributed by atoms with van der Waals surface area (Å²) < 4.78 is 0. The van der Waals surface area contributed by atoms with Crippen LogP contribution in [0.3, 0.4) is 0 Å². The van der Waals surface area contributed by atoms with E-state index in [1.165, 1.54) is 15.3 Å². The fourth-order valence-corrected chi connectivity index (χ4v) is 2.15. The molecule has 0 aliphatic rings. The highest BCUT2D eigenvalue weighted by Crippen LogP contribution is 2.24. The molecule has 1 aromatic rings. The van der Waals surface area contributed by atoms with Crippen LogP contribution in [0.1, 0.15) is 30.5 Å². The Labute approximate surface area is 83.7 Å². The minimum atomic E-state index is -0.354. The lowest BCUT2D eigenvalue weighted by Gasteiger charge is -1.99. The van der Waals surface area contributed by atoms with Crippen molar-refractivity contribution in [3.63, 3.8) is 0 Å². The predicted octanol–water partition coefficient (Wildman–Crippen LogP) is 3.09. The molecule has 0 amide bonds. The Hall–Kier alpha value is -0.600. The second kappa shape index (κ2) is 4.58. The Bertz CT molecular complexity index is 297. The lowest BCUT2D eigenvalue weighted by Crippen LogP contribution is -1.93. The van der Waals surface area contributed by atoms with Gasteiger partial charge in [-0.05, 0) is 38.0 Å². The van der Waals surface area contributed by atoms with E-state index in [1.54, 1.807) is 18.3 Å². The van der Waals surface area contributed by atoms with Crippen molar-refractivity contribution in [2.45, 2.75) is 33.3 Å². The van der Waals surface area contributed by atoms with Crippen molar-refractivity contribution in [1.29, 1.82) is 0 Å². The van der Waals surface area contributed by atoms with Gasteiger partial charge in [0.15, 0.2) is 0 Å². The number of rotatable bonds is 3. The molecule has 0 aromatic carbocycles. The molecule has 0 aliphatic carbocycles. The molecular weight excluding hydrogens is 180 g/mol. The lowest BCUT2D eigenvalue weighted by atomic mass is 10.2. The van der Waals surface area contributed by atoms with Gasteiger partial charge in [0.05, 0.1) is 6.10 Å². The van der Waals surface area contributed by atoms with Gasteiger partial charge < -0.3 is 5.11 Å². The summed E-state index contributed by atoms with van der Waals surface area (Å²) in [6.45, 7) is 5.97. The topological polar surface area (TPSA) is 20.2 Å². The predicted molar refractivity (Wildman–Crippen MR) is 59.0 cm³/mol. The molecule has 72 valence electrons. The highest BCUT2D eigenvalue weighted by molar-refractivity contribution is 7.13. The van der Waals surface area contributed by atoms with Gasteiger partial charge in [0.2, 0.25) is 0 Å². The highest BCUT2D eigenvalue weighted by Gasteiger charge is 2.01. The van der Waals surface area contributed by atoms with Crippen LogP contribution in [0.25, 0.3) is 5.57 Å². The summed E-state index contributed by atoms with van der Waals surface area (Å²) in [5.41, 5.74) is 1.17. The smallest absolute Gasteiger partial charge is 0.0698 e. The normalized spacial score (nSPS) is 14.6. The Kier molecular flexibility index (Phi) is 3.70. The average molecular weight is 196 g/mol. The van der Waals surface area contributed by atoms with Crippen LogP contribution in [0.2, 0.25) is 0 Å². The minimum Gasteiger partial charge on any atom is -0.389 e. The van der Waals surface area contributed by atoms with Gasteiger partial charge in [-0.1, -0.05) is 13.0 Å². The first-order valence-corrected chi connectivity index (χ1v) is 5.40. The summed E-state index contributed by atoms with van der Waals surface area (Å²) in [6, 6.07) is 4.27. The number of aliphatic hydroxyl groups is 1. The van der Waals surface area contributed by atoms with Gasteiger partial charge in [-0.3, -0.25) is 0 Å². The van der Waals surface area contributed by atoms with E-state index in [9.17, 15) is 5.11 Å². The van der Waals surface area contributed by atoms with Crippen molar-refractivity contribution in [3.8, 4) is 0 Å². The van der Waals surface area contributed by atoms with Crippen LogP contribution in [-0.2, 0) is 6.42 Å². The molecule has 0 spiro atoms. The highest BCUT2D eigenvalue weighted by atomic mass is 32.1. The lowest BCUT2D eigenvalue weighted by molar-refractivity contribution is 0.244. The monoisotopic (exact) mass is 196 g/mol. The quantitative estimate of drug-likeness (QED) is 0.787. The molecule has 0 bridgehead atoms. The van der Waals surface area contributed by atoms with Crippen LogP contribution in [0.4, 0.5) is 0 Å². The molecule has 0 aliphatic heterocycles. The zero-order valence-corrected chi connectivity index (χ0v) is 9.19. The first-order valence-electron chi connectivity index (χ1n) is 4.59. The number of aryl methyl sites for hydroxylation is 1.